The molecule has 1 rings (SSSR count). The highest BCUT2D eigenvalue weighted by Gasteiger charge is 2.24. The molecule has 0 aromatic carbocycles. The van der Waals surface area contributed by atoms with Gasteiger partial charge in [0.15, 0.2) is 0 Å². The summed E-state index contributed by atoms with van der Waals surface area (Å²) >= 11 is 0. The van der Waals surface area contributed by atoms with E-state index in [0.29, 0.717) is 6.04 Å². The van der Waals surface area contributed by atoms with Crippen LogP contribution < -0.4 is 16.4 Å². The Balaban J connectivity index is 2.26. The van der Waals surface area contributed by atoms with Crippen molar-refractivity contribution in [2.45, 2.75) is 51.2 Å². The highest BCUT2D eigenvalue weighted by atomic mass is 16.2. The Kier molecular flexibility index (Phi) is 4.35. The maximum Gasteiger partial charge on any atom is 0.237 e. The average molecular weight is 198 g/mol. The van der Waals surface area contributed by atoms with E-state index in [1.165, 1.54) is 0 Å². The Morgan fingerprint density at radius 1 is 1.71 bits per heavy atom. The van der Waals surface area contributed by atoms with Crippen molar-refractivity contribution >= 4 is 5.91 Å². The average Bonchev–Trinajstić information content (AvgIpc) is 2.51. The maximum absolute atomic E-state index is 11.5. The van der Waals surface area contributed by atoms with Crippen molar-refractivity contribution in [3.05, 3.63) is 0 Å². The number of hydrogen-bond donors (Lipinski definition) is 2. The van der Waals surface area contributed by atoms with Gasteiger partial charge < -0.3 is 11.1 Å². The Morgan fingerprint density at radius 3 is 2.93 bits per heavy atom. The Hall–Kier alpha value is -0.610. The number of rotatable bonds is 4. The molecule has 14 heavy (non-hydrogen) atoms. The molecule has 1 heterocycles. The second-order valence-corrected chi connectivity index (χ2v) is 4.05. The van der Waals surface area contributed by atoms with Crippen LogP contribution in [0.3, 0.4) is 0 Å². The minimum atomic E-state index is -0.351. The van der Waals surface area contributed by atoms with Gasteiger partial charge in [0.25, 0.3) is 0 Å². The first-order chi connectivity index (χ1) is 6.63. The first-order valence-electron chi connectivity index (χ1n) is 5.36. The van der Waals surface area contributed by atoms with Gasteiger partial charge in [0.05, 0.1) is 6.04 Å². The summed E-state index contributed by atoms with van der Waals surface area (Å²) in [5.74, 6) is -0.0267. The van der Waals surface area contributed by atoms with E-state index in [4.69, 9.17) is 5.73 Å². The molecule has 81 valence electrons. The molecule has 0 aromatic rings. The zero-order valence-electron chi connectivity index (χ0n) is 8.99. The Morgan fingerprint density at radius 2 is 2.43 bits per heavy atom. The van der Waals surface area contributed by atoms with Gasteiger partial charge in [-0.05, 0) is 19.8 Å². The van der Waals surface area contributed by atoms with Gasteiger partial charge in [-0.25, -0.2) is 5.32 Å². The topological polar surface area (TPSA) is 69.2 Å². The predicted molar refractivity (Wildman–Crippen MR) is 55.9 cm³/mol. The van der Waals surface area contributed by atoms with Gasteiger partial charge in [0, 0.05) is 18.6 Å². The molecule has 0 aromatic heterocycles. The van der Waals surface area contributed by atoms with Gasteiger partial charge in [-0.15, -0.1) is 0 Å². The molecule has 3 unspecified atom stereocenters. The number of hydrogen-bond acceptors (Lipinski definition) is 2. The van der Waals surface area contributed by atoms with E-state index in [0.717, 1.165) is 25.8 Å². The molecule has 0 bridgehead atoms. The van der Waals surface area contributed by atoms with Crippen molar-refractivity contribution < 1.29 is 4.79 Å². The van der Waals surface area contributed by atoms with Crippen LogP contribution in [-0.2, 0) is 4.79 Å². The molecular weight excluding hydrogens is 178 g/mol. The molecule has 1 amide bonds. The SMILES string of the molecule is CCCC(N)C(=O)NC1C[N]C(C)C1. The van der Waals surface area contributed by atoms with E-state index >= 15 is 0 Å². The Labute approximate surface area is 85.6 Å². The van der Waals surface area contributed by atoms with Gasteiger partial charge in [-0.2, -0.15) is 0 Å². The minimum absolute atomic E-state index is 0.0267. The zero-order valence-corrected chi connectivity index (χ0v) is 8.99. The number of carbonyl (C=O) groups excluding carboxylic acids is 1. The lowest BCUT2D eigenvalue weighted by Gasteiger charge is -2.15. The molecule has 4 nitrogen and oxygen atoms in total. The van der Waals surface area contributed by atoms with Crippen LogP contribution in [0.15, 0.2) is 0 Å². The van der Waals surface area contributed by atoms with Crippen molar-refractivity contribution in [2.75, 3.05) is 6.54 Å². The quantitative estimate of drug-likeness (QED) is 0.667. The molecule has 1 aliphatic heterocycles. The number of amides is 1. The molecule has 3 atom stereocenters. The lowest BCUT2D eigenvalue weighted by molar-refractivity contribution is -0.123. The van der Waals surface area contributed by atoms with Gasteiger partial charge in [0.2, 0.25) is 5.91 Å². The summed E-state index contributed by atoms with van der Waals surface area (Å²) in [6, 6.07) is 0.235. The molecule has 4 heteroatoms. The van der Waals surface area contributed by atoms with Crippen molar-refractivity contribution in [2.24, 2.45) is 5.73 Å². The van der Waals surface area contributed by atoms with Crippen molar-refractivity contribution in [1.82, 2.24) is 10.6 Å². The van der Waals surface area contributed by atoms with Crippen LogP contribution in [0.2, 0.25) is 0 Å². The smallest absolute Gasteiger partial charge is 0.237 e. The highest BCUT2D eigenvalue weighted by molar-refractivity contribution is 5.81. The fraction of sp³-hybridized carbons (Fsp3) is 0.900. The van der Waals surface area contributed by atoms with Crippen LogP contribution in [0, 0.1) is 0 Å². The normalized spacial score (nSPS) is 28.8. The van der Waals surface area contributed by atoms with Crippen LogP contribution in [0.25, 0.3) is 0 Å². The van der Waals surface area contributed by atoms with Crippen molar-refractivity contribution in [3.8, 4) is 0 Å². The molecule has 0 aliphatic carbocycles. The van der Waals surface area contributed by atoms with Crippen LogP contribution >= 0.6 is 0 Å². The molecule has 1 fully saturated rings. The molecule has 1 aliphatic rings. The van der Waals surface area contributed by atoms with Crippen LogP contribution in [0.4, 0.5) is 0 Å². The predicted octanol–water partition coefficient (Wildman–Crippen LogP) is -0.00480. The van der Waals surface area contributed by atoms with E-state index in [1.807, 2.05) is 6.92 Å². The fourth-order valence-corrected chi connectivity index (χ4v) is 1.72. The highest BCUT2D eigenvalue weighted by Crippen LogP contribution is 2.07. The van der Waals surface area contributed by atoms with E-state index in [9.17, 15) is 4.79 Å². The van der Waals surface area contributed by atoms with E-state index < -0.39 is 0 Å². The van der Waals surface area contributed by atoms with Gasteiger partial charge in [0.1, 0.15) is 0 Å². The van der Waals surface area contributed by atoms with Crippen LogP contribution in [-0.4, -0.2) is 30.6 Å². The number of nitrogens with two attached hydrogens (primary N) is 1. The summed E-state index contributed by atoms with van der Waals surface area (Å²) in [5.41, 5.74) is 5.70. The third-order valence-corrected chi connectivity index (χ3v) is 2.55. The first kappa shape index (κ1) is 11.5. The minimum Gasteiger partial charge on any atom is -0.351 e. The zero-order chi connectivity index (χ0) is 10.6. The summed E-state index contributed by atoms with van der Waals surface area (Å²) in [6.45, 7) is 4.84. The summed E-state index contributed by atoms with van der Waals surface area (Å²) < 4.78 is 0. The van der Waals surface area contributed by atoms with E-state index in [-0.39, 0.29) is 18.0 Å². The van der Waals surface area contributed by atoms with E-state index in [2.05, 4.69) is 17.6 Å². The number of nitrogens with zero attached hydrogens (tertiary/aromatic N) is 1. The second-order valence-electron chi connectivity index (χ2n) is 4.05. The third kappa shape index (κ3) is 3.27. The van der Waals surface area contributed by atoms with Crippen LogP contribution in [0.1, 0.15) is 33.1 Å². The lowest BCUT2D eigenvalue weighted by Crippen LogP contribution is -2.45. The molecule has 1 radical (unpaired) electrons. The monoisotopic (exact) mass is 198 g/mol. The van der Waals surface area contributed by atoms with Crippen molar-refractivity contribution in [1.29, 1.82) is 0 Å². The van der Waals surface area contributed by atoms with E-state index in [1.54, 1.807) is 0 Å². The van der Waals surface area contributed by atoms with Crippen molar-refractivity contribution in [3.63, 3.8) is 0 Å². The summed E-state index contributed by atoms with van der Waals surface area (Å²) in [5, 5.41) is 7.26. The second kappa shape index (κ2) is 5.32. The molecule has 0 saturated carbocycles. The maximum atomic E-state index is 11.5. The third-order valence-electron chi connectivity index (χ3n) is 2.55. The summed E-state index contributed by atoms with van der Waals surface area (Å²) in [6.07, 6.45) is 2.65. The lowest BCUT2D eigenvalue weighted by atomic mass is 10.1. The van der Waals surface area contributed by atoms with Crippen LogP contribution in [0.5, 0.6) is 0 Å². The van der Waals surface area contributed by atoms with Gasteiger partial charge >= 0.3 is 0 Å². The molecular formula is C10H20N3O. The van der Waals surface area contributed by atoms with Gasteiger partial charge in [-0.3, -0.25) is 4.79 Å². The molecule has 1 saturated heterocycles. The summed E-state index contributed by atoms with van der Waals surface area (Å²) in [7, 11) is 0. The summed E-state index contributed by atoms with van der Waals surface area (Å²) in [4.78, 5) is 11.5. The fourth-order valence-electron chi connectivity index (χ4n) is 1.72. The number of nitrogens with one attached hydrogen (secondary N) is 1. The molecule has 3 N–H and O–H groups in total. The Bertz CT molecular complexity index is 196. The molecule has 0 spiro atoms. The first-order valence-corrected chi connectivity index (χ1v) is 5.36. The van der Waals surface area contributed by atoms with Gasteiger partial charge in [-0.1, -0.05) is 13.3 Å². The standard InChI is InChI=1S/C10H20N3O/c1-3-4-9(11)10(14)13-8-5-7(2)12-6-8/h7-9H,3-6,11H2,1-2H3,(H,13,14). The largest absolute Gasteiger partial charge is 0.351 e. The number of carbonyl (C=O) groups is 1.